The summed E-state index contributed by atoms with van der Waals surface area (Å²) < 4.78 is 0. The van der Waals surface area contributed by atoms with Crippen LogP contribution in [0.1, 0.15) is 29.2 Å². The zero-order valence-electron chi connectivity index (χ0n) is 8.44. The third kappa shape index (κ3) is 1.88. The number of aryl methyl sites for hydroxylation is 2. The van der Waals surface area contributed by atoms with Crippen LogP contribution in [0.15, 0.2) is 12.1 Å². The molecule has 0 heteroatoms. The second-order valence-corrected chi connectivity index (χ2v) is 3.47. The van der Waals surface area contributed by atoms with Crippen molar-refractivity contribution in [3.63, 3.8) is 0 Å². The van der Waals surface area contributed by atoms with Gasteiger partial charge in [0.25, 0.3) is 0 Å². The molecule has 0 aliphatic rings. The molecule has 0 aliphatic carbocycles. The largest absolute Gasteiger partial charge is 0.0619 e. The summed E-state index contributed by atoms with van der Waals surface area (Å²) in [6.07, 6.45) is 3.28. The van der Waals surface area contributed by atoms with Crippen molar-refractivity contribution in [3.05, 3.63) is 40.8 Å². The van der Waals surface area contributed by atoms with Gasteiger partial charge in [0.1, 0.15) is 0 Å². The zero-order chi connectivity index (χ0) is 9.14. The molecule has 0 nitrogen and oxygen atoms in total. The molecule has 1 aromatic rings. The lowest BCUT2D eigenvalue weighted by atomic mass is 9.98. The van der Waals surface area contributed by atoms with Crippen molar-refractivity contribution in [2.45, 2.75) is 34.1 Å². The summed E-state index contributed by atoms with van der Waals surface area (Å²) in [6, 6.07) is 4.56. The molecule has 0 fully saturated rings. The van der Waals surface area contributed by atoms with E-state index < -0.39 is 0 Å². The molecule has 1 radical (unpaired) electrons. The first-order valence-electron chi connectivity index (χ1n) is 4.49. The molecule has 0 aromatic heterocycles. The van der Waals surface area contributed by atoms with Gasteiger partial charge in [0.05, 0.1) is 0 Å². The minimum atomic E-state index is 1.09. The van der Waals surface area contributed by atoms with E-state index in [1.807, 2.05) is 0 Å². The lowest BCUT2D eigenvalue weighted by Gasteiger charge is -2.07. The van der Waals surface area contributed by atoms with Crippen molar-refractivity contribution in [2.75, 3.05) is 0 Å². The Bertz CT molecular complexity index is 248. The van der Waals surface area contributed by atoms with E-state index in [1.54, 1.807) is 0 Å². The van der Waals surface area contributed by atoms with Gasteiger partial charge in [-0.1, -0.05) is 19.1 Å². The van der Waals surface area contributed by atoms with Crippen LogP contribution < -0.4 is 0 Å². The topological polar surface area (TPSA) is 0 Å². The molecule has 0 heterocycles. The van der Waals surface area contributed by atoms with Crippen LogP contribution in [0.3, 0.4) is 0 Å². The first kappa shape index (κ1) is 9.31. The minimum absolute atomic E-state index is 1.09. The first-order valence-corrected chi connectivity index (χ1v) is 4.49. The van der Waals surface area contributed by atoms with E-state index in [9.17, 15) is 0 Å². The van der Waals surface area contributed by atoms with E-state index in [2.05, 4.69) is 46.2 Å². The smallest absolute Gasteiger partial charge is 0.0250 e. The van der Waals surface area contributed by atoms with Gasteiger partial charge in [-0.15, -0.1) is 0 Å². The summed E-state index contributed by atoms with van der Waals surface area (Å²) in [5.41, 5.74) is 5.67. The van der Waals surface area contributed by atoms with Gasteiger partial charge in [-0.25, -0.2) is 0 Å². The highest BCUT2D eigenvalue weighted by Gasteiger charge is 1.99. The third-order valence-electron chi connectivity index (χ3n) is 2.43. The summed E-state index contributed by atoms with van der Waals surface area (Å²) in [5.74, 6) is 0. The summed E-state index contributed by atoms with van der Waals surface area (Å²) >= 11 is 0. The van der Waals surface area contributed by atoms with Crippen LogP contribution in [0.4, 0.5) is 0 Å². The van der Waals surface area contributed by atoms with E-state index in [0.29, 0.717) is 0 Å². The Morgan fingerprint density at radius 2 is 1.58 bits per heavy atom. The van der Waals surface area contributed by atoms with Crippen LogP contribution in [-0.2, 0) is 6.42 Å². The standard InChI is InChI=1S/C12H17/c1-5-6-12-7-9(2)11(4)10(3)8-12/h5,7-8H,6H2,1-4H3. The summed E-state index contributed by atoms with van der Waals surface area (Å²) in [5, 5.41) is 0. The summed E-state index contributed by atoms with van der Waals surface area (Å²) in [6.45, 7) is 8.65. The van der Waals surface area contributed by atoms with Crippen LogP contribution >= 0.6 is 0 Å². The number of hydrogen-bond donors (Lipinski definition) is 0. The Morgan fingerprint density at radius 3 is 2.00 bits per heavy atom. The molecule has 0 N–H and O–H groups in total. The van der Waals surface area contributed by atoms with E-state index in [1.165, 1.54) is 22.3 Å². The first-order chi connectivity index (χ1) is 5.65. The number of benzene rings is 1. The Balaban J connectivity index is 3.04. The van der Waals surface area contributed by atoms with Gasteiger partial charge in [0.15, 0.2) is 0 Å². The molecule has 0 spiro atoms. The Labute approximate surface area is 75.6 Å². The SMILES string of the molecule is C[CH]Cc1cc(C)c(C)c(C)c1. The van der Waals surface area contributed by atoms with Gasteiger partial charge in [-0.3, -0.25) is 0 Å². The molecule has 12 heavy (non-hydrogen) atoms. The van der Waals surface area contributed by atoms with Crippen molar-refractivity contribution in [2.24, 2.45) is 0 Å². The van der Waals surface area contributed by atoms with Gasteiger partial charge in [-0.2, -0.15) is 0 Å². The Hall–Kier alpha value is -0.780. The van der Waals surface area contributed by atoms with Gasteiger partial charge in [0, 0.05) is 0 Å². The highest BCUT2D eigenvalue weighted by atomic mass is 14.0. The van der Waals surface area contributed by atoms with Crippen LogP contribution in [0, 0.1) is 27.2 Å². The lowest BCUT2D eigenvalue weighted by molar-refractivity contribution is 1.11. The fourth-order valence-corrected chi connectivity index (χ4v) is 1.48. The Kier molecular flexibility index (Phi) is 2.91. The predicted molar refractivity (Wildman–Crippen MR) is 54.3 cm³/mol. The van der Waals surface area contributed by atoms with E-state index >= 15 is 0 Å². The molecule has 0 aliphatic heterocycles. The van der Waals surface area contributed by atoms with Crippen LogP contribution in [0.2, 0.25) is 0 Å². The average molecular weight is 161 g/mol. The second kappa shape index (κ2) is 3.75. The summed E-state index contributed by atoms with van der Waals surface area (Å²) in [4.78, 5) is 0. The van der Waals surface area contributed by atoms with Gasteiger partial charge >= 0.3 is 0 Å². The van der Waals surface area contributed by atoms with Gasteiger partial charge in [-0.05, 0) is 55.9 Å². The maximum Gasteiger partial charge on any atom is -0.0250 e. The van der Waals surface area contributed by atoms with E-state index in [4.69, 9.17) is 0 Å². The average Bonchev–Trinajstić information content (AvgIpc) is 2.01. The summed E-state index contributed by atoms with van der Waals surface area (Å²) in [7, 11) is 0. The molecule has 0 unspecified atom stereocenters. The second-order valence-electron chi connectivity index (χ2n) is 3.47. The Morgan fingerprint density at radius 1 is 1.08 bits per heavy atom. The van der Waals surface area contributed by atoms with Crippen LogP contribution in [0.5, 0.6) is 0 Å². The zero-order valence-corrected chi connectivity index (χ0v) is 8.44. The molecular formula is C12H17. The number of hydrogen-bond acceptors (Lipinski definition) is 0. The van der Waals surface area contributed by atoms with Crippen molar-refractivity contribution < 1.29 is 0 Å². The maximum atomic E-state index is 2.28. The third-order valence-corrected chi connectivity index (χ3v) is 2.43. The predicted octanol–water partition coefficient (Wildman–Crippen LogP) is 3.38. The molecule has 0 bridgehead atoms. The van der Waals surface area contributed by atoms with Crippen molar-refractivity contribution in [3.8, 4) is 0 Å². The van der Waals surface area contributed by atoms with Crippen molar-refractivity contribution in [1.29, 1.82) is 0 Å². The molecule has 0 saturated carbocycles. The van der Waals surface area contributed by atoms with E-state index in [0.717, 1.165) is 6.42 Å². The lowest BCUT2D eigenvalue weighted by Crippen LogP contribution is -1.91. The highest BCUT2D eigenvalue weighted by Crippen LogP contribution is 2.16. The van der Waals surface area contributed by atoms with Crippen molar-refractivity contribution >= 4 is 0 Å². The molecule has 1 aromatic carbocycles. The molecule has 0 atom stereocenters. The molecule has 0 saturated heterocycles. The molecule has 1 rings (SSSR count). The van der Waals surface area contributed by atoms with Crippen LogP contribution in [-0.4, -0.2) is 0 Å². The molecule has 0 amide bonds. The highest BCUT2D eigenvalue weighted by molar-refractivity contribution is 5.37. The van der Waals surface area contributed by atoms with E-state index in [-0.39, 0.29) is 0 Å². The minimum Gasteiger partial charge on any atom is -0.0619 e. The van der Waals surface area contributed by atoms with Crippen molar-refractivity contribution in [1.82, 2.24) is 0 Å². The fourth-order valence-electron chi connectivity index (χ4n) is 1.48. The fraction of sp³-hybridized carbons (Fsp3) is 0.417. The normalized spacial score (nSPS) is 10.3. The molecule has 65 valence electrons. The van der Waals surface area contributed by atoms with Crippen LogP contribution in [0.25, 0.3) is 0 Å². The monoisotopic (exact) mass is 161 g/mol. The molecular weight excluding hydrogens is 144 g/mol. The van der Waals surface area contributed by atoms with Gasteiger partial charge < -0.3 is 0 Å². The van der Waals surface area contributed by atoms with Gasteiger partial charge in [0.2, 0.25) is 0 Å². The maximum absolute atomic E-state index is 2.28. The quantitative estimate of drug-likeness (QED) is 0.623. The number of rotatable bonds is 2.